The first-order valence-electron chi connectivity index (χ1n) is 12.5. The first kappa shape index (κ1) is 24.9. The van der Waals surface area contributed by atoms with E-state index in [1.54, 1.807) is 16.0 Å². The predicted molar refractivity (Wildman–Crippen MR) is 139 cm³/mol. The van der Waals surface area contributed by atoms with E-state index in [4.69, 9.17) is 14.2 Å². The largest absolute Gasteiger partial charge is 0.476 e. The lowest BCUT2D eigenvalue weighted by molar-refractivity contribution is -0.319. The van der Waals surface area contributed by atoms with E-state index in [0.29, 0.717) is 5.82 Å². The molecule has 7 rings (SSSR count). The van der Waals surface area contributed by atoms with Crippen molar-refractivity contribution in [1.29, 1.82) is 0 Å². The first-order valence-corrected chi connectivity index (χ1v) is 13.4. The highest BCUT2D eigenvalue weighted by atomic mass is 32.1. The zero-order chi connectivity index (χ0) is 27.4. The van der Waals surface area contributed by atoms with E-state index in [2.05, 4.69) is 25.4 Å². The lowest BCUT2D eigenvalue weighted by Gasteiger charge is -2.47. The van der Waals surface area contributed by atoms with Crippen molar-refractivity contribution in [1.82, 2.24) is 34.7 Å². The van der Waals surface area contributed by atoms with Gasteiger partial charge in [-0.1, -0.05) is 35.5 Å². The van der Waals surface area contributed by atoms with Crippen molar-refractivity contribution in [3.8, 4) is 5.69 Å². The Kier molecular flexibility index (Phi) is 6.13. The van der Waals surface area contributed by atoms with Gasteiger partial charge in [0, 0.05) is 5.56 Å². The summed E-state index contributed by atoms with van der Waals surface area (Å²) in [5, 5.41) is 34.4. The van der Waals surface area contributed by atoms with Crippen molar-refractivity contribution < 1.29 is 29.2 Å². The number of aryl methyl sites for hydroxylation is 1. The number of carboxylic acid groups (broad SMARTS) is 1. The van der Waals surface area contributed by atoms with Gasteiger partial charge >= 0.3 is 5.97 Å². The molecule has 2 saturated heterocycles. The van der Waals surface area contributed by atoms with Crippen molar-refractivity contribution in [3.05, 3.63) is 83.1 Å². The molecule has 13 nitrogen and oxygen atoms in total. The maximum atomic E-state index is 11.8. The number of ether oxygens (including phenoxy) is 3. The van der Waals surface area contributed by atoms with Crippen molar-refractivity contribution in [2.24, 2.45) is 0 Å². The lowest BCUT2D eigenvalue weighted by atomic mass is 9.91. The van der Waals surface area contributed by atoms with Crippen LogP contribution in [0.2, 0.25) is 0 Å². The fourth-order valence-corrected chi connectivity index (χ4v) is 6.10. The predicted octanol–water partition coefficient (Wildman–Crippen LogP) is 2.63. The molecule has 0 bridgehead atoms. The quantitative estimate of drug-likeness (QED) is 0.325. The topological polar surface area (TPSA) is 160 Å². The van der Waals surface area contributed by atoms with Crippen LogP contribution in [0, 0.1) is 6.92 Å². The van der Waals surface area contributed by atoms with Crippen LogP contribution in [0.3, 0.4) is 0 Å². The Labute approximate surface area is 230 Å². The summed E-state index contributed by atoms with van der Waals surface area (Å²) in [6.07, 6.45) is -1.63. The number of carboxylic acids is 1. The minimum absolute atomic E-state index is 0.157. The average Bonchev–Trinajstić information content (AvgIpc) is 3.72. The summed E-state index contributed by atoms with van der Waals surface area (Å²) in [4.78, 5) is 20.5. The van der Waals surface area contributed by atoms with Gasteiger partial charge in [-0.15, -0.1) is 16.4 Å². The molecule has 0 radical (unpaired) electrons. The van der Waals surface area contributed by atoms with Crippen LogP contribution in [0.25, 0.3) is 15.9 Å². The average molecular weight is 562 g/mol. The van der Waals surface area contributed by atoms with E-state index < -0.39 is 42.7 Å². The zero-order valence-corrected chi connectivity index (χ0v) is 21.8. The second-order valence-corrected chi connectivity index (χ2v) is 10.8. The van der Waals surface area contributed by atoms with Gasteiger partial charge in [0.1, 0.15) is 36.8 Å². The molecule has 0 amide bonds. The number of aliphatic hydroxyl groups excluding tert-OH is 1. The molecule has 204 valence electrons. The number of aromatic carboxylic acids is 1. The third kappa shape index (κ3) is 4.26. The number of nitrogens with zero attached hydrogens (tertiary/aromatic N) is 7. The normalized spacial score (nSPS) is 26.6. The van der Waals surface area contributed by atoms with Gasteiger partial charge in [-0.3, -0.25) is 0 Å². The SMILES string of the molecule is Cc1nc2ccc(-n3ncnc3[C@@H]3O[C@@H]4COC(c5ccccc5)O[C@@H]4[C@H](n4cc(C(=O)O)nn4)[C@H]3O)cc2s1. The van der Waals surface area contributed by atoms with Gasteiger partial charge in [-0.25, -0.2) is 24.1 Å². The molecule has 2 aromatic carbocycles. The highest BCUT2D eigenvalue weighted by molar-refractivity contribution is 7.18. The molecule has 2 aliphatic heterocycles. The molecule has 14 heteroatoms. The minimum atomic E-state index is -1.25. The standard InChI is InChI=1S/C26H23N7O6S/c1-13-29-16-8-7-15(9-19(16)40-13)33-24(27-12-28-33)23-21(34)20(32-10-17(25(35)36)30-31-32)22-18(38-23)11-37-26(39-22)14-5-3-2-4-6-14/h2-10,12,18,20-23,26,34H,11H2,1H3,(H,35,36)/t18-,20-,21-,22+,23-,26?/m1/s1. The number of carbonyl (C=O) groups is 1. The molecule has 40 heavy (non-hydrogen) atoms. The zero-order valence-electron chi connectivity index (χ0n) is 21.0. The monoisotopic (exact) mass is 561 g/mol. The summed E-state index contributed by atoms with van der Waals surface area (Å²) < 4.78 is 22.6. The fourth-order valence-electron chi connectivity index (χ4n) is 5.24. The fraction of sp³-hybridized carbons (Fsp3) is 0.308. The van der Waals surface area contributed by atoms with Crippen LogP contribution in [0.5, 0.6) is 0 Å². The molecule has 0 saturated carbocycles. The van der Waals surface area contributed by atoms with Crippen LogP contribution in [0.15, 0.2) is 61.1 Å². The van der Waals surface area contributed by atoms with E-state index in [-0.39, 0.29) is 12.3 Å². The highest BCUT2D eigenvalue weighted by Crippen LogP contribution is 2.43. The van der Waals surface area contributed by atoms with Crippen LogP contribution in [0.1, 0.15) is 45.3 Å². The number of thiazole rings is 1. The van der Waals surface area contributed by atoms with Crippen molar-refractivity contribution >= 4 is 27.5 Å². The molecule has 2 aliphatic rings. The number of hydrogen-bond acceptors (Lipinski definition) is 11. The summed E-state index contributed by atoms with van der Waals surface area (Å²) in [6.45, 7) is 2.11. The van der Waals surface area contributed by atoms with Gasteiger partial charge in [-0.05, 0) is 25.1 Å². The Morgan fingerprint density at radius 1 is 1.15 bits per heavy atom. The van der Waals surface area contributed by atoms with E-state index in [0.717, 1.165) is 26.5 Å². The Balaban J connectivity index is 1.26. The van der Waals surface area contributed by atoms with Gasteiger partial charge in [0.2, 0.25) is 0 Å². The molecular weight excluding hydrogens is 538 g/mol. The first-order chi connectivity index (χ1) is 19.5. The summed E-state index contributed by atoms with van der Waals surface area (Å²) >= 11 is 1.57. The third-order valence-electron chi connectivity index (χ3n) is 7.04. The van der Waals surface area contributed by atoms with Gasteiger partial charge in [0.05, 0.1) is 33.7 Å². The van der Waals surface area contributed by atoms with Crippen molar-refractivity contribution in [3.63, 3.8) is 0 Å². The molecular formula is C26H23N7O6S. The van der Waals surface area contributed by atoms with Crippen LogP contribution >= 0.6 is 11.3 Å². The molecule has 2 fully saturated rings. The van der Waals surface area contributed by atoms with Crippen LogP contribution in [-0.2, 0) is 14.2 Å². The Morgan fingerprint density at radius 2 is 2.00 bits per heavy atom. The van der Waals surface area contributed by atoms with Crippen molar-refractivity contribution in [2.75, 3.05) is 6.61 Å². The number of benzene rings is 2. The summed E-state index contributed by atoms with van der Waals surface area (Å²) in [5.41, 5.74) is 2.16. The van der Waals surface area contributed by atoms with E-state index in [1.807, 2.05) is 55.5 Å². The van der Waals surface area contributed by atoms with E-state index in [1.165, 1.54) is 17.2 Å². The molecule has 5 aromatic rings. The maximum Gasteiger partial charge on any atom is 0.358 e. The minimum Gasteiger partial charge on any atom is -0.476 e. The van der Waals surface area contributed by atoms with Crippen LogP contribution < -0.4 is 0 Å². The second-order valence-electron chi connectivity index (χ2n) is 9.56. The Hall–Kier alpha value is -4.08. The molecule has 6 atom stereocenters. The highest BCUT2D eigenvalue weighted by Gasteiger charge is 2.52. The van der Waals surface area contributed by atoms with E-state index in [9.17, 15) is 15.0 Å². The van der Waals surface area contributed by atoms with Gasteiger partial charge in [-0.2, -0.15) is 5.10 Å². The molecule has 0 spiro atoms. The summed E-state index contributed by atoms with van der Waals surface area (Å²) in [5.74, 6) is -0.871. The van der Waals surface area contributed by atoms with Crippen LogP contribution in [0.4, 0.5) is 0 Å². The van der Waals surface area contributed by atoms with Crippen molar-refractivity contribution in [2.45, 2.75) is 43.7 Å². The Morgan fingerprint density at radius 3 is 2.80 bits per heavy atom. The van der Waals surface area contributed by atoms with E-state index >= 15 is 0 Å². The number of rotatable bonds is 5. The Bertz CT molecular complexity index is 1690. The number of fused-ring (bicyclic) bond motifs is 2. The second kappa shape index (κ2) is 9.83. The molecule has 5 heterocycles. The summed E-state index contributed by atoms with van der Waals surface area (Å²) in [7, 11) is 0. The van der Waals surface area contributed by atoms with Crippen LogP contribution in [-0.4, -0.2) is 75.8 Å². The third-order valence-corrected chi connectivity index (χ3v) is 7.97. The summed E-state index contributed by atoms with van der Waals surface area (Å²) in [6, 6.07) is 14.3. The smallest absolute Gasteiger partial charge is 0.358 e. The molecule has 1 unspecified atom stereocenters. The number of aromatic nitrogens is 7. The molecule has 2 N–H and O–H groups in total. The number of hydrogen-bond donors (Lipinski definition) is 2. The molecule has 3 aromatic heterocycles. The maximum absolute atomic E-state index is 11.8. The number of aliphatic hydroxyl groups is 1. The lowest BCUT2D eigenvalue weighted by Crippen LogP contribution is -2.57. The van der Waals surface area contributed by atoms with Gasteiger partial charge in [0.25, 0.3) is 0 Å². The van der Waals surface area contributed by atoms with Gasteiger partial charge < -0.3 is 24.4 Å². The molecule has 0 aliphatic carbocycles. The van der Waals surface area contributed by atoms with Gasteiger partial charge in [0.15, 0.2) is 17.8 Å².